The van der Waals surface area contributed by atoms with Gasteiger partial charge in [0.2, 0.25) is 5.91 Å². The Hall–Kier alpha value is -2.35. The Kier molecular flexibility index (Phi) is 5.52. The van der Waals surface area contributed by atoms with Crippen molar-refractivity contribution in [1.29, 1.82) is 0 Å². The van der Waals surface area contributed by atoms with Crippen molar-refractivity contribution in [3.05, 3.63) is 40.3 Å². The van der Waals surface area contributed by atoms with E-state index in [9.17, 15) is 13.2 Å². The van der Waals surface area contributed by atoms with Gasteiger partial charge in [-0.3, -0.25) is 4.79 Å². The van der Waals surface area contributed by atoms with Crippen molar-refractivity contribution in [2.75, 3.05) is 7.11 Å². The first-order chi connectivity index (χ1) is 11.7. The van der Waals surface area contributed by atoms with Crippen LogP contribution in [-0.2, 0) is 21.2 Å². The predicted octanol–water partition coefficient (Wildman–Crippen LogP) is 2.35. The van der Waals surface area contributed by atoms with Crippen molar-refractivity contribution in [2.45, 2.75) is 45.4 Å². The summed E-state index contributed by atoms with van der Waals surface area (Å²) in [5.41, 5.74) is 2.79. The molecule has 0 bridgehead atoms. The molecule has 1 amide bonds. The molecule has 1 heterocycles. The molecular weight excluding hydrogens is 344 g/mol. The number of sulfonamides is 1. The normalized spacial score (nSPS) is 11.4. The molecule has 7 nitrogen and oxygen atoms in total. The number of carbonyl (C=O) groups is 1. The number of ether oxygens (including phenoxy) is 1. The molecule has 1 aromatic heterocycles. The molecule has 0 saturated carbocycles. The molecule has 0 aliphatic heterocycles. The fraction of sp³-hybridized carbons (Fsp3) is 0.412. The van der Waals surface area contributed by atoms with Crippen LogP contribution in [0, 0.1) is 27.7 Å². The number of hydrogen-bond acceptors (Lipinski definition) is 6. The van der Waals surface area contributed by atoms with Gasteiger partial charge in [-0.05, 0) is 57.4 Å². The van der Waals surface area contributed by atoms with Crippen LogP contribution in [-0.4, -0.2) is 26.6 Å². The van der Waals surface area contributed by atoms with E-state index in [1.807, 2.05) is 0 Å². The highest BCUT2D eigenvalue weighted by Gasteiger charge is 2.22. The minimum Gasteiger partial charge on any atom is -0.496 e. The summed E-state index contributed by atoms with van der Waals surface area (Å²) in [6.45, 7) is 6.99. The number of methoxy groups -OCH3 is 1. The molecule has 0 saturated heterocycles. The first-order valence-corrected chi connectivity index (χ1v) is 9.27. The summed E-state index contributed by atoms with van der Waals surface area (Å²) < 4.78 is 37.4. The lowest BCUT2D eigenvalue weighted by Gasteiger charge is -2.13. The van der Waals surface area contributed by atoms with E-state index in [4.69, 9.17) is 9.26 Å². The molecule has 2 rings (SSSR count). The molecule has 2 aromatic rings. The maximum Gasteiger partial charge on any atom is 0.264 e. The quantitative estimate of drug-likeness (QED) is 0.843. The minimum absolute atomic E-state index is 0.0241. The summed E-state index contributed by atoms with van der Waals surface area (Å²) in [5, 5.41) is 3.82. The molecule has 136 valence electrons. The second-order valence-corrected chi connectivity index (χ2v) is 7.50. The lowest BCUT2D eigenvalue weighted by molar-refractivity contribution is -0.119. The van der Waals surface area contributed by atoms with Crippen molar-refractivity contribution < 1.29 is 22.5 Å². The molecular formula is C17H22N2O5S. The van der Waals surface area contributed by atoms with Crippen LogP contribution in [0.15, 0.2) is 21.6 Å². The molecule has 1 aromatic carbocycles. The van der Waals surface area contributed by atoms with E-state index >= 15 is 0 Å². The summed E-state index contributed by atoms with van der Waals surface area (Å²) in [5.74, 6) is 0.656. The van der Waals surface area contributed by atoms with Gasteiger partial charge in [0.05, 0.1) is 17.7 Å². The number of nitrogens with one attached hydrogen (secondary N) is 1. The third-order valence-corrected chi connectivity index (χ3v) is 5.75. The van der Waals surface area contributed by atoms with E-state index in [0.717, 1.165) is 5.56 Å². The third kappa shape index (κ3) is 4.01. The number of hydrogen-bond donors (Lipinski definition) is 1. The molecule has 0 atom stereocenters. The summed E-state index contributed by atoms with van der Waals surface area (Å²) in [7, 11) is -2.42. The molecule has 1 N–H and O–H groups in total. The lowest BCUT2D eigenvalue weighted by Crippen LogP contribution is -2.31. The Bertz CT molecular complexity index is 881. The van der Waals surface area contributed by atoms with Crippen molar-refractivity contribution in [1.82, 2.24) is 9.88 Å². The Labute approximate surface area is 147 Å². The highest BCUT2D eigenvalue weighted by atomic mass is 32.2. The first-order valence-electron chi connectivity index (χ1n) is 7.79. The van der Waals surface area contributed by atoms with Crippen LogP contribution in [0.25, 0.3) is 0 Å². The van der Waals surface area contributed by atoms with E-state index in [2.05, 4.69) is 9.88 Å². The van der Waals surface area contributed by atoms with Gasteiger partial charge in [0.25, 0.3) is 10.0 Å². The third-order valence-electron chi connectivity index (χ3n) is 4.23. The van der Waals surface area contributed by atoms with Crippen LogP contribution in [0.1, 0.15) is 34.6 Å². The zero-order valence-corrected chi connectivity index (χ0v) is 15.8. The maximum atomic E-state index is 12.5. The first kappa shape index (κ1) is 19.0. The van der Waals surface area contributed by atoms with Gasteiger partial charge >= 0.3 is 0 Å². The number of aromatic nitrogens is 1. The summed E-state index contributed by atoms with van der Waals surface area (Å²) in [6.07, 6.45) is 0.388. The van der Waals surface area contributed by atoms with Gasteiger partial charge < -0.3 is 9.26 Å². The van der Waals surface area contributed by atoms with Gasteiger partial charge in [-0.2, -0.15) is 0 Å². The van der Waals surface area contributed by atoms with Crippen LogP contribution in [0.4, 0.5) is 0 Å². The second kappa shape index (κ2) is 7.26. The maximum absolute atomic E-state index is 12.5. The van der Waals surface area contributed by atoms with Gasteiger partial charge in [0.15, 0.2) is 0 Å². The fourth-order valence-corrected chi connectivity index (χ4v) is 3.95. The average Bonchev–Trinajstić information content (AvgIpc) is 2.85. The number of benzene rings is 1. The molecule has 0 aliphatic rings. The number of nitrogens with zero attached hydrogens (tertiary/aromatic N) is 1. The fourth-order valence-electron chi connectivity index (χ4n) is 2.64. The molecule has 0 spiro atoms. The standard InChI is InChI=1S/C17H22N2O5S/c1-10-11(2)16(8-7-15(10)23-5)25(21,22)19-17(20)9-6-14-12(3)18-24-13(14)4/h7-8H,6,9H2,1-5H3,(H,19,20). The number of aryl methyl sites for hydroxylation is 2. The number of rotatable bonds is 6. The van der Waals surface area contributed by atoms with Gasteiger partial charge in [0, 0.05) is 12.0 Å². The van der Waals surface area contributed by atoms with Gasteiger partial charge in [-0.25, -0.2) is 13.1 Å². The number of amides is 1. The largest absolute Gasteiger partial charge is 0.496 e. The Morgan fingerprint density at radius 1 is 1.20 bits per heavy atom. The number of carbonyl (C=O) groups excluding carboxylic acids is 1. The van der Waals surface area contributed by atoms with Gasteiger partial charge in [-0.1, -0.05) is 5.16 Å². The highest BCUT2D eigenvalue weighted by Crippen LogP contribution is 2.26. The topological polar surface area (TPSA) is 98.5 Å². The van der Waals surface area contributed by atoms with E-state index in [1.165, 1.54) is 13.2 Å². The average molecular weight is 366 g/mol. The molecule has 0 aliphatic carbocycles. The SMILES string of the molecule is COc1ccc(S(=O)(=O)NC(=O)CCc2c(C)noc2C)c(C)c1C. The second-order valence-electron chi connectivity index (χ2n) is 5.85. The summed E-state index contributed by atoms with van der Waals surface area (Å²) >= 11 is 0. The van der Waals surface area contributed by atoms with Crippen LogP contribution >= 0.6 is 0 Å². The zero-order chi connectivity index (χ0) is 18.8. The van der Waals surface area contributed by atoms with E-state index < -0.39 is 15.9 Å². The Morgan fingerprint density at radius 2 is 1.88 bits per heavy atom. The van der Waals surface area contributed by atoms with Crippen molar-refractivity contribution in [2.24, 2.45) is 0 Å². The monoisotopic (exact) mass is 366 g/mol. The van der Waals surface area contributed by atoms with Crippen LogP contribution in [0.5, 0.6) is 5.75 Å². The predicted molar refractivity (Wildman–Crippen MR) is 92.1 cm³/mol. The van der Waals surface area contributed by atoms with Crippen LogP contribution in [0.3, 0.4) is 0 Å². The molecule has 0 fully saturated rings. The zero-order valence-electron chi connectivity index (χ0n) is 15.0. The van der Waals surface area contributed by atoms with E-state index in [-0.39, 0.29) is 11.3 Å². The van der Waals surface area contributed by atoms with Crippen LogP contribution in [0.2, 0.25) is 0 Å². The van der Waals surface area contributed by atoms with Crippen molar-refractivity contribution >= 4 is 15.9 Å². The highest BCUT2D eigenvalue weighted by molar-refractivity contribution is 7.90. The van der Waals surface area contributed by atoms with Crippen molar-refractivity contribution in [3.8, 4) is 5.75 Å². The van der Waals surface area contributed by atoms with Crippen LogP contribution < -0.4 is 9.46 Å². The van der Waals surface area contributed by atoms with Gasteiger partial charge in [-0.15, -0.1) is 0 Å². The van der Waals surface area contributed by atoms with E-state index in [1.54, 1.807) is 33.8 Å². The van der Waals surface area contributed by atoms with Crippen molar-refractivity contribution in [3.63, 3.8) is 0 Å². The minimum atomic E-state index is -3.94. The molecule has 0 radical (unpaired) electrons. The molecule has 25 heavy (non-hydrogen) atoms. The molecule has 8 heteroatoms. The summed E-state index contributed by atoms with van der Waals surface area (Å²) in [6, 6.07) is 3.01. The molecule has 0 unspecified atom stereocenters. The van der Waals surface area contributed by atoms with E-state index in [0.29, 0.717) is 34.8 Å². The van der Waals surface area contributed by atoms with Gasteiger partial charge in [0.1, 0.15) is 11.5 Å². The summed E-state index contributed by atoms with van der Waals surface area (Å²) in [4.78, 5) is 12.2. The Balaban J connectivity index is 2.13. The smallest absolute Gasteiger partial charge is 0.264 e. The Morgan fingerprint density at radius 3 is 2.44 bits per heavy atom. The lowest BCUT2D eigenvalue weighted by atomic mass is 10.1.